The van der Waals surface area contributed by atoms with E-state index in [1.165, 1.54) is 51.4 Å². The third-order valence-corrected chi connectivity index (χ3v) is 9.58. The molecule has 43 heavy (non-hydrogen) atoms. The molecule has 2 aliphatic rings. The molecule has 0 bridgehead atoms. The van der Waals surface area contributed by atoms with E-state index in [1.807, 2.05) is 32.9 Å². The lowest BCUT2D eigenvalue weighted by atomic mass is 10.0. The number of fused-ring (bicyclic) bond motifs is 1. The molecule has 2 aliphatic heterocycles. The summed E-state index contributed by atoms with van der Waals surface area (Å²) in [6, 6.07) is 13.9. The first kappa shape index (κ1) is 33.7. The zero-order chi connectivity index (χ0) is 30.9. The minimum atomic E-state index is -3.66. The maximum Gasteiger partial charge on any atom is 0.261 e. The zero-order valence-electron chi connectivity index (χ0n) is 26.6. The summed E-state index contributed by atoms with van der Waals surface area (Å²) in [5.74, 6) is -0.702. The van der Waals surface area contributed by atoms with Crippen LogP contribution in [0.25, 0.3) is 0 Å². The van der Waals surface area contributed by atoms with Crippen molar-refractivity contribution in [3.63, 3.8) is 0 Å². The van der Waals surface area contributed by atoms with Crippen LogP contribution >= 0.6 is 0 Å². The topological polar surface area (TPSA) is 95.1 Å². The van der Waals surface area contributed by atoms with E-state index in [-0.39, 0.29) is 29.2 Å². The molecule has 2 heterocycles. The van der Waals surface area contributed by atoms with Crippen molar-refractivity contribution >= 4 is 21.4 Å². The van der Waals surface area contributed by atoms with E-state index >= 15 is 0 Å². The second-order valence-corrected chi connectivity index (χ2v) is 14.2. The molecule has 2 aromatic rings. The monoisotopic (exact) mass is 616 g/mol. The number of hydrogen-bond acceptors (Lipinski definition) is 7. The Morgan fingerprint density at radius 1 is 0.814 bits per heavy atom. The number of benzene rings is 2. The summed E-state index contributed by atoms with van der Waals surface area (Å²) in [6.07, 6.45) is 11.5. The van der Waals surface area contributed by atoms with Gasteiger partial charge >= 0.3 is 0 Å². The lowest BCUT2D eigenvalue weighted by Gasteiger charge is -2.28. The summed E-state index contributed by atoms with van der Waals surface area (Å²) in [5.41, 5.74) is 2.34. The van der Waals surface area contributed by atoms with Crippen LogP contribution in [0.5, 0.6) is 0 Å². The third kappa shape index (κ3) is 9.91. The summed E-state index contributed by atoms with van der Waals surface area (Å²) in [5, 5.41) is 3.49. The summed E-state index contributed by atoms with van der Waals surface area (Å²) in [4.78, 5) is 0.230. The van der Waals surface area contributed by atoms with Gasteiger partial charge in [-0.1, -0.05) is 82.4 Å². The Labute approximate surface area is 259 Å². The molecule has 0 unspecified atom stereocenters. The highest BCUT2D eigenvalue weighted by Gasteiger charge is 2.57. The van der Waals surface area contributed by atoms with E-state index < -0.39 is 22.1 Å². The smallest absolute Gasteiger partial charge is 0.261 e. The van der Waals surface area contributed by atoms with Crippen molar-refractivity contribution in [1.82, 2.24) is 0 Å². The molecule has 240 valence electrons. The first-order chi connectivity index (χ1) is 20.6. The van der Waals surface area contributed by atoms with Crippen molar-refractivity contribution in [2.45, 2.75) is 140 Å². The molecule has 2 N–H and O–H groups in total. The highest BCUT2D eigenvalue weighted by atomic mass is 32.2. The minimum absolute atomic E-state index is 0.106. The normalized spacial score (nSPS) is 23.7. The van der Waals surface area contributed by atoms with E-state index in [9.17, 15) is 8.42 Å². The number of nitrogens with one attached hydrogen (secondary N) is 2. The number of unbranched alkanes of at least 4 members (excludes halogenated alkanes) is 9. The fourth-order valence-corrected chi connectivity index (χ4v) is 6.89. The van der Waals surface area contributed by atoms with Crippen LogP contribution in [0.4, 0.5) is 11.4 Å². The van der Waals surface area contributed by atoms with Gasteiger partial charge in [0, 0.05) is 18.0 Å². The summed E-state index contributed by atoms with van der Waals surface area (Å²) in [6.45, 7) is 10.7. The van der Waals surface area contributed by atoms with Gasteiger partial charge in [0.1, 0.15) is 18.3 Å². The molecular weight excluding hydrogens is 564 g/mol. The molecule has 4 rings (SSSR count). The Bertz CT molecular complexity index is 1220. The Balaban J connectivity index is 1.24. The summed E-state index contributed by atoms with van der Waals surface area (Å²) < 4.78 is 53.2. The molecule has 0 saturated carbocycles. The Kier molecular flexibility index (Phi) is 12.3. The zero-order valence-corrected chi connectivity index (χ0v) is 27.5. The number of rotatable bonds is 18. The fourth-order valence-electron chi connectivity index (χ4n) is 5.83. The second-order valence-electron chi connectivity index (χ2n) is 12.5. The lowest BCUT2D eigenvalue weighted by Crippen LogP contribution is -2.41. The van der Waals surface area contributed by atoms with E-state index in [0.29, 0.717) is 12.3 Å². The van der Waals surface area contributed by atoms with Gasteiger partial charge < -0.3 is 24.3 Å². The van der Waals surface area contributed by atoms with E-state index in [4.69, 9.17) is 18.9 Å². The van der Waals surface area contributed by atoms with Gasteiger partial charge in [0.25, 0.3) is 10.0 Å². The second kappa shape index (κ2) is 15.7. The number of hydrogen-bond donors (Lipinski definition) is 2. The molecule has 2 saturated heterocycles. The van der Waals surface area contributed by atoms with Gasteiger partial charge in [-0.05, 0) is 70.5 Å². The number of ether oxygens (including phenoxy) is 4. The maximum atomic E-state index is 12.8. The molecule has 0 spiro atoms. The first-order valence-corrected chi connectivity index (χ1v) is 17.6. The predicted molar refractivity (Wildman–Crippen MR) is 172 cm³/mol. The van der Waals surface area contributed by atoms with Crippen LogP contribution in [0.2, 0.25) is 0 Å². The van der Waals surface area contributed by atoms with Gasteiger partial charge in [-0.15, -0.1) is 0 Å². The molecule has 8 nitrogen and oxygen atoms in total. The highest BCUT2D eigenvalue weighted by Crippen LogP contribution is 2.40. The van der Waals surface area contributed by atoms with Crippen molar-refractivity contribution < 1.29 is 27.4 Å². The molecular formula is C34H52N2O6S. The molecule has 9 heteroatoms. The number of sulfonamides is 1. The van der Waals surface area contributed by atoms with Gasteiger partial charge in [0.05, 0.1) is 10.9 Å². The van der Waals surface area contributed by atoms with Crippen LogP contribution in [0, 0.1) is 6.92 Å². The molecule has 0 radical (unpaired) electrons. The third-order valence-electron chi connectivity index (χ3n) is 8.18. The highest BCUT2D eigenvalue weighted by molar-refractivity contribution is 7.92. The van der Waals surface area contributed by atoms with Gasteiger partial charge in [0.15, 0.2) is 12.1 Å². The number of aryl methyl sites for hydroxylation is 1. The lowest BCUT2D eigenvalue weighted by molar-refractivity contribution is -0.234. The first-order valence-electron chi connectivity index (χ1n) is 16.2. The molecule has 5 atom stereocenters. The van der Waals surface area contributed by atoms with E-state index in [2.05, 4.69) is 23.9 Å². The fraction of sp³-hybridized carbons (Fsp3) is 0.647. The molecule has 0 aliphatic carbocycles. The largest absolute Gasteiger partial charge is 0.380 e. The van der Waals surface area contributed by atoms with Crippen LogP contribution < -0.4 is 10.0 Å². The maximum absolute atomic E-state index is 12.8. The van der Waals surface area contributed by atoms with Crippen molar-refractivity contribution in [1.29, 1.82) is 0 Å². The van der Waals surface area contributed by atoms with Gasteiger partial charge in [-0.25, -0.2) is 8.42 Å². The van der Waals surface area contributed by atoms with Crippen LogP contribution in [-0.4, -0.2) is 51.5 Å². The molecule has 0 aromatic heterocycles. The average molecular weight is 617 g/mol. The summed E-state index contributed by atoms with van der Waals surface area (Å²) >= 11 is 0. The number of anilines is 2. The van der Waals surface area contributed by atoms with Crippen LogP contribution in [0.3, 0.4) is 0 Å². The van der Waals surface area contributed by atoms with E-state index in [1.54, 1.807) is 36.4 Å². The predicted octanol–water partition coefficient (Wildman–Crippen LogP) is 7.78. The Morgan fingerprint density at radius 2 is 1.37 bits per heavy atom. The minimum Gasteiger partial charge on any atom is -0.380 e. The quantitative estimate of drug-likeness (QED) is 0.165. The van der Waals surface area contributed by atoms with Crippen LogP contribution in [0.15, 0.2) is 53.4 Å². The molecule has 2 aromatic carbocycles. The molecule has 0 amide bonds. The van der Waals surface area contributed by atoms with Crippen LogP contribution in [0.1, 0.15) is 97.5 Å². The van der Waals surface area contributed by atoms with Crippen molar-refractivity contribution in [3.8, 4) is 0 Å². The van der Waals surface area contributed by atoms with Crippen molar-refractivity contribution in [2.75, 3.05) is 16.6 Å². The molecule has 2 fully saturated rings. The van der Waals surface area contributed by atoms with Gasteiger partial charge in [0.2, 0.25) is 0 Å². The SMILES string of the molecule is CCCCCCCCCCCCO[C@H]1O[C@H]([C@H](C)Nc2ccc(NS(=O)(=O)c3ccc(C)cc3)cc2)[C@@H]2OC(C)(C)O[C@H]12. The van der Waals surface area contributed by atoms with Gasteiger partial charge in [-0.3, -0.25) is 4.72 Å². The van der Waals surface area contributed by atoms with Gasteiger partial charge in [-0.2, -0.15) is 0 Å². The summed E-state index contributed by atoms with van der Waals surface area (Å²) in [7, 11) is -3.66. The Hall–Kier alpha value is -2.17. The Morgan fingerprint density at radius 3 is 2.00 bits per heavy atom. The van der Waals surface area contributed by atoms with Crippen molar-refractivity contribution in [3.05, 3.63) is 54.1 Å². The van der Waals surface area contributed by atoms with Crippen LogP contribution in [-0.2, 0) is 29.0 Å². The van der Waals surface area contributed by atoms with E-state index in [0.717, 1.165) is 24.1 Å². The standard InChI is InChI=1S/C34H52N2O6S/c1-6-7-8-9-10-11-12-13-14-15-24-39-33-32-31(41-34(4,5)42-32)30(40-33)26(3)35-27-18-20-28(21-19-27)36-43(37,38)29-22-16-25(2)17-23-29/h16-23,26,30-33,35-36H,6-15,24H2,1-5H3/t26-,30+,31-,32-,33-/m0/s1. The average Bonchev–Trinajstić information content (AvgIpc) is 3.45. The van der Waals surface area contributed by atoms with Crippen molar-refractivity contribution in [2.24, 2.45) is 0 Å².